The van der Waals surface area contributed by atoms with Crippen molar-refractivity contribution in [2.75, 3.05) is 6.54 Å². The maximum Gasteiger partial charge on any atom is 0.134 e. The molecule has 0 aliphatic heterocycles. The molecular weight excluding hydrogens is 174 g/mol. The van der Waals surface area contributed by atoms with E-state index in [1.165, 1.54) is 10.9 Å². The van der Waals surface area contributed by atoms with Gasteiger partial charge in [-0.2, -0.15) is 0 Å². The number of furan rings is 1. The van der Waals surface area contributed by atoms with Crippen molar-refractivity contribution in [3.63, 3.8) is 0 Å². The lowest BCUT2D eigenvalue weighted by Gasteiger charge is -1.96. The van der Waals surface area contributed by atoms with E-state index in [2.05, 4.69) is 6.07 Å². The van der Waals surface area contributed by atoms with E-state index in [1.54, 1.807) is 0 Å². The molecule has 1 aromatic heterocycles. The van der Waals surface area contributed by atoms with Crippen LogP contribution >= 0.6 is 0 Å². The summed E-state index contributed by atoms with van der Waals surface area (Å²) >= 11 is 0. The largest absolute Gasteiger partial charge is 0.464 e. The van der Waals surface area contributed by atoms with Crippen LogP contribution in [0.4, 0.5) is 0 Å². The maximum absolute atomic E-state index is 5.46. The lowest BCUT2D eigenvalue weighted by atomic mass is 10.1. The molecule has 0 saturated carbocycles. The molecule has 0 saturated heterocycles. The van der Waals surface area contributed by atoms with Gasteiger partial charge in [0.05, 0.1) is 6.26 Å². The van der Waals surface area contributed by atoms with Gasteiger partial charge >= 0.3 is 0 Å². The van der Waals surface area contributed by atoms with Crippen molar-refractivity contribution >= 4 is 11.0 Å². The van der Waals surface area contributed by atoms with Crippen LogP contribution in [0.5, 0.6) is 0 Å². The van der Waals surface area contributed by atoms with E-state index in [4.69, 9.17) is 10.2 Å². The van der Waals surface area contributed by atoms with E-state index in [0.29, 0.717) is 0 Å². The third-order valence-corrected chi connectivity index (χ3v) is 2.46. The molecule has 2 heteroatoms. The highest BCUT2D eigenvalue weighted by Crippen LogP contribution is 2.21. The molecule has 2 aromatic rings. The molecule has 0 spiro atoms. The van der Waals surface area contributed by atoms with E-state index in [9.17, 15) is 0 Å². The standard InChI is InChI=1S/C12H15NO/c13-8-4-3-5-10-9-14-12-7-2-1-6-11(10)12/h1-2,6-7,9H,3-5,8,13H2. The van der Waals surface area contributed by atoms with E-state index in [0.717, 1.165) is 31.4 Å². The zero-order valence-electron chi connectivity index (χ0n) is 8.20. The molecule has 0 bridgehead atoms. The second-order valence-electron chi connectivity index (χ2n) is 3.50. The Morgan fingerprint density at radius 2 is 2.00 bits per heavy atom. The van der Waals surface area contributed by atoms with Crippen molar-refractivity contribution in [3.8, 4) is 0 Å². The average molecular weight is 189 g/mol. The van der Waals surface area contributed by atoms with E-state index in [1.807, 2.05) is 24.5 Å². The van der Waals surface area contributed by atoms with Crippen molar-refractivity contribution in [1.29, 1.82) is 0 Å². The van der Waals surface area contributed by atoms with Crippen LogP contribution in [0.3, 0.4) is 0 Å². The predicted molar refractivity (Wildman–Crippen MR) is 58.2 cm³/mol. The first-order valence-corrected chi connectivity index (χ1v) is 5.07. The zero-order chi connectivity index (χ0) is 9.80. The van der Waals surface area contributed by atoms with Crippen LogP contribution in [0.1, 0.15) is 18.4 Å². The highest BCUT2D eigenvalue weighted by atomic mass is 16.3. The van der Waals surface area contributed by atoms with Crippen LogP contribution in [0.15, 0.2) is 34.9 Å². The number of benzene rings is 1. The van der Waals surface area contributed by atoms with Gasteiger partial charge in [0.15, 0.2) is 0 Å². The number of hydrogen-bond acceptors (Lipinski definition) is 2. The summed E-state index contributed by atoms with van der Waals surface area (Å²) in [5.41, 5.74) is 7.74. The van der Waals surface area contributed by atoms with Gasteiger partial charge in [-0.1, -0.05) is 18.2 Å². The Labute approximate surface area is 83.7 Å². The van der Waals surface area contributed by atoms with Gasteiger partial charge in [-0.3, -0.25) is 0 Å². The summed E-state index contributed by atoms with van der Waals surface area (Å²) in [5, 5.41) is 1.24. The van der Waals surface area contributed by atoms with Gasteiger partial charge in [0.2, 0.25) is 0 Å². The van der Waals surface area contributed by atoms with Crippen molar-refractivity contribution in [2.45, 2.75) is 19.3 Å². The van der Waals surface area contributed by atoms with Crippen LogP contribution < -0.4 is 5.73 Å². The Bertz CT molecular complexity index is 405. The maximum atomic E-state index is 5.46. The quantitative estimate of drug-likeness (QED) is 0.751. The van der Waals surface area contributed by atoms with Gasteiger partial charge in [-0.25, -0.2) is 0 Å². The number of aryl methyl sites for hydroxylation is 1. The topological polar surface area (TPSA) is 39.2 Å². The molecule has 74 valence electrons. The van der Waals surface area contributed by atoms with E-state index in [-0.39, 0.29) is 0 Å². The van der Waals surface area contributed by atoms with Crippen LogP contribution in [0, 0.1) is 0 Å². The Morgan fingerprint density at radius 3 is 2.86 bits per heavy atom. The molecule has 0 aliphatic rings. The second kappa shape index (κ2) is 4.29. The molecule has 2 N–H and O–H groups in total. The minimum atomic E-state index is 0.774. The van der Waals surface area contributed by atoms with E-state index >= 15 is 0 Å². The predicted octanol–water partition coefficient (Wildman–Crippen LogP) is 2.71. The number of hydrogen-bond donors (Lipinski definition) is 1. The fourth-order valence-corrected chi connectivity index (χ4v) is 1.69. The number of rotatable bonds is 4. The third kappa shape index (κ3) is 1.80. The molecule has 0 fully saturated rings. The number of fused-ring (bicyclic) bond motifs is 1. The van der Waals surface area contributed by atoms with Crippen molar-refractivity contribution in [2.24, 2.45) is 5.73 Å². The normalized spacial score (nSPS) is 10.9. The molecule has 0 unspecified atom stereocenters. The molecule has 1 aromatic carbocycles. The number of unbranched alkanes of at least 4 members (excludes halogenated alkanes) is 1. The monoisotopic (exact) mass is 189 g/mol. The minimum absolute atomic E-state index is 0.774. The highest BCUT2D eigenvalue weighted by molar-refractivity contribution is 5.80. The Kier molecular flexibility index (Phi) is 2.84. The fraction of sp³-hybridized carbons (Fsp3) is 0.333. The van der Waals surface area contributed by atoms with Crippen molar-refractivity contribution in [3.05, 3.63) is 36.1 Å². The molecule has 2 rings (SSSR count). The van der Waals surface area contributed by atoms with Gasteiger partial charge < -0.3 is 10.2 Å². The first kappa shape index (κ1) is 9.28. The van der Waals surface area contributed by atoms with Gasteiger partial charge in [-0.05, 0) is 37.4 Å². The average Bonchev–Trinajstić information content (AvgIpc) is 2.63. The Balaban J connectivity index is 2.17. The molecule has 0 aliphatic carbocycles. The summed E-state index contributed by atoms with van der Waals surface area (Å²) in [4.78, 5) is 0. The summed E-state index contributed by atoms with van der Waals surface area (Å²) in [6, 6.07) is 8.15. The van der Waals surface area contributed by atoms with Gasteiger partial charge in [0.25, 0.3) is 0 Å². The van der Waals surface area contributed by atoms with Crippen molar-refractivity contribution in [1.82, 2.24) is 0 Å². The summed E-state index contributed by atoms with van der Waals surface area (Å²) in [6.45, 7) is 0.774. The van der Waals surface area contributed by atoms with Gasteiger partial charge in [-0.15, -0.1) is 0 Å². The molecule has 2 nitrogen and oxygen atoms in total. The lowest BCUT2D eigenvalue weighted by Crippen LogP contribution is -1.98. The summed E-state index contributed by atoms with van der Waals surface area (Å²) in [5.74, 6) is 0. The summed E-state index contributed by atoms with van der Waals surface area (Å²) in [6.07, 6.45) is 5.15. The molecule has 1 heterocycles. The Hall–Kier alpha value is -1.28. The number of nitrogens with two attached hydrogens (primary N) is 1. The van der Waals surface area contributed by atoms with Crippen LogP contribution in [0.25, 0.3) is 11.0 Å². The minimum Gasteiger partial charge on any atom is -0.464 e. The highest BCUT2D eigenvalue weighted by Gasteiger charge is 2.03. The van der Waals surface area contributed by atoms with Gasteiger partial charge in [0, 0.05) is 5.39 Å². The zero-order valence-corrected chi connectivity index (χ0v) is 8.20. The van der Waals surface area contributed by atoms with Gasteiger partial charge in [0.1, 0.15) is 5.58 Å². The third-order valence-electron chi connectivity index (χ3n) is 2.46. The van der Waals surface area contributed by atoms with Crippen molar-refractivity contribution < 1.29 is 4.42 Å². The molecule has 0 amide bonds. The first-order valence-electron chi connectivity index (χ1n) is 5.07. The fourth-order valence-electron chi connectivity index (χ4n) is 1.69. The SMILES string of the molecule is NCCCCc1coc2ccccc12. The molecular formula is C12H15NO. The first-order chi connectivity index (χ1) is 6.92. The Morgan fingerprint density at radius 1 is 1.14 bits per heavy atom. The molecule has 0 radical (unpaired) electrons. The second-order valence-corrected chi connectivity index (χ2v) is 3.50. The van der Waals surface area contributed by atoms with Crippen LogP contribution in [0.2, 0.25) is 0 Å². The van der Waals surface area contributed by atoms with Crippen LogP contribution in [-0.2, 0) is 6.42 Å². The smallest absolute Gasteiger partial charge is 0.134 e. The molecule has 0 atom stereocenters. The lowest BCUT2D eigenvalue weighted by molar-refractivity contribution is 0.607. The summed E-state index contributed by atoms with van der Waals surface area (Å²) < 4.78 is 5.45. The summed E-state index contributed by atoms with van der Waals surface area (Å²) in [7, 11) is 0. The molecule has 14 heavy (non-hydrogen) atoms. The number of para-hydroxylation sites is 1. The van der Waals surface area contributed by atoms with Crippen LogP contribution in [-0.4, -0.2) is 6.54 Å². The van der Waals surface area contributed by atoms with E-state index < -0.39 is 0 Å².